The number of amides is 2. The second-order valence-electron chi connectivity index (χ2n) is 7.32. The molecular formula is C14H16F6NO7S-. The number of carbonyl (C=O) groups is 3. The van der Waals surface area contributed by atoms with Crippen molar-refractivity contribution in [3.8, 4) is 0 Å². The van der Waals surface area contributed by atoms with Gasteiger partial charge >= 0.3 is 23.9 Å². The molecule has 1 aliphatic heterocycles. The molecule has 1 rings (SSSR count). The Kier molecular flexibility index (Phi) is 6.42. The zero-order chi connectivity index (χ0) is 23.2. The van der Waals surface area contributed by atoms with E-state index in [1.165, 1.54) is 20.8 Å². The quantitative estimate of drug-likeness (QED) is 0.357. The monoisotopic (exact) mass is 456 g/mol. The predicted octanol–water partition coefficient (Wildman–Crippen LogP) is 1.50. The van der Waals surface area contributed by atoms with Gasteiger partial charge in [0.25, 0.3) is 0 Å². The minimum atomic E-state index is -6.54. The minimum absolute atomic E-state index is 0.186. The number of hydrogen-bond donors (Lipinski definition) is 0. The third-order valence-electron chi connectivity index (χ3n) is 3.92. The lowest BCUT2D eigenvalue weighted by Crippen LogP contribution is -2.64. The summed E-state index contributed by atoms with van der Waals surface area (Å²) in [4.78, 5) is 36.5. The highest BCUT2D eigenvalue weighted by Crippen LogP contribution is 2.47. The Morgan fingerprint density at radius 2 is 1.55 bits per heavy atom. The summed E-state index contributed by atoms with van der Waals surface area (Å²) in [5.41, 5.74) is -7.00. The average molecular weight is 456 g/mol. The smallest absolute Gasteiger partial charge is 0.438 e. The van der Waals surface area contributed by atoms with Crippen LogP contribution in [0, 0.1) is 5.41 Å². The van der Waals surface area contributed by atoms with E-state index in [0.29, 0.717) is 0 Å². The molecule has 0 spiro atoms. The molecular weight excluding hydrogens is 440 g/mol. The molecule has 0 aromatic rings. The lowest BCUT2D eigenvalue weighted by atomic mass is 9.94. The molecule has 1 heterocycles. The Hall–Kier alpha value is -1.90. The zero-order valence-electron chi connectivity index (χ0n) is 15.2. The van der Waals surface area contributed by atoms with Gasteiger partial charge in [-0.25, -0.2) is 13.2 Å². The van der Waals surface area contributed by atoms with E-state index in [1.54, 1.807) is 0 Å². The third kappa shape index (κ3) is 5.18. The van der Waals surface area contributed by atoms with Crippen LogP contribution in [0.15, 0.2) is 0 Å². The first kappa shape index (κ1) is 25.1. The van der Waals surface area contributed by atoms with E-state index in [-0.39, 0.29) is 4.90 Å². The van der Waals surface area contributed by atoms with Crippen molar-refractivity contribution in [2.24, 2.45) is 5.41 Å². The number of imide groups is 1. The third-order valence-corrected chi connectivity index (χ3v) is 4.68. The highest BCUT2D eigenvalue weighted by Gasteiger charge is 2.75. The fourth-order valence-corrected chi connectivity index (χ4v) is 3.37. The molecule has 1 unspecified atom stereocenters. The number of halogens is 6. The maximum Gasteiger partial charge on any atom is 0.438 e. The number of hydrogen-bond acceptors (Lipinski definition) is 7. The van der Waals surface area contributed by atoms with Gasteiger partial charge in [0.2, 0.25) is 11.8 Å². The second-order valence-corrected chi connectivity index (χ2v) is 8.72. The number of esters is 1. The fourth-order valence-electron chi connectivity index (χ4n) is 2.48. The molecule has 29 heavy (non-hydrogen) atoms. The van der Waals surface area contributed by atoms with Crippen LogP contribution in [0.25, 0.3) is 0 Å². The number of carbonyl (C=O) groups excluding carboxylic acids is 3. The fraction of sp³-hybridized carbons (Fsp3) is 0.786. The van der Waals surface area contributed by atoms with Crippen LogP contribution in [0.1, 0.15) is 33.6 Å². The van der Waals surface area contributed by atoms with E-state index < -0.39 is 75.9 Å². The first-order valence-electron chi connectivity index (χ1n) is 7.80. The van der Waals surface area contributed by atoms with E-state index in [2.05, 4.69) is 4.74 Å². The van der Waals surface area contributed by atoms with Crippen molar-refractivity contribution in [2.45, 2.75) is 57.6 Å². The number of rotatable bonds is 4. The van der Waals surface area contributed by atoms with Gasteiger partial charge in [-0.1, -0.05) is 20.8 Å². The second kappa shape index (κ2) is 7.41. The summed E-state index contributed by atoms with van der Waals surface area (Å²) in [6, 6.07) is -2.15. The Balaban J connectivity index is 3.44. The molecule has 2 amide bonds. The predicted molar refractivity (Wildman–Crippen MR) is 79.8 cm³/mol. The van der Waals surface area contributed by atoms with E-state index in [0.717, 1.165) is 0 Å². The Labute approximate surface area is 160 Å². The normalized spacial score (nSPS) is 19.4. The summed E-state index contributed by atoms with van der Waals surface area (Å²) >= 11 is 0. The van der Waals surface area contributed by atoms with Crippen LogP contribution in [0.3, 0.4) is 0 Å². The van der Waals surface area contributed by atoms with E-state index >= 15 is 0 Å². The molecule has 0 radical (unpaired) electrons. The number of ether oxygens (including phenoxy) is 1. The summed E-state index contributed by atoms with van der Waals surface area (Å²) in [6.07, 6.45) is -14.3. The molecule has 15 heteroatoms. The number of nitrogens with zero attached hydrogens (tertiary/aromatic N) is 1. The van der Waals surface area contributed by atoms with Gasteiger partial charge in [-0.2, -0.15) is 26.3 Å². The maximum atomic E-state index is 13.2. The van der Waals surface area contributed by atoms with Crippen molar-refractivity contribution in [3.63, 3.8) is 0 Å². The van der Waals surface area contributed by atoms with Crippen LogP contribution in [0.5, 0.6) is 0 Å². The van der Waals surface area contributed by atoms with Crippen LogP contribution < -0.4 is 0 Å². The van der Waals surface area contributed by atoms with Gasteiger partial charge in [-0.3, -0.25) is 14.5 Å². The average Bonchev–Trinajstić information content (AvgIpc) is 2.82. The molecule has 1 saturated heterocycles. The van der Waals surface area contributed by atoms with Gasteiger partial charge in [-0.15, -0.1) is 0 Å². The number of alkyl halides is 6. The first-order chi connectivity index (χ1) is 12.6. The molecule has 0 saturated carbocycles. The highest BCUT2D eigenvalue weighted by molar-refractivity contribution is 7.85. The van der Waals surface area contributed by atoms with E-state index in [1.807, 2.05) is 0 Å². The molecule has 1 aliphatic rings. The van der Waals surface area contributed by atoms with Crippen molar-refractivity contribution in [1.82, 2.24) is 4.90 Å². The van der Waals surface area contributed by atoms with Gasteiger partial charge in [0.1, 0.15) is 6.04 Å². The molecule has 0 aliphatic carbocycles. The Morgan fingerprint density at radius 3 is 1.90 bits per heavy atom. The molecule has 168 valence electrons. The largest absolute Gasteiger partial charge is 0.748 e. The molecule has 8 nitrogen and oxygen atoms in total. The molecule has 0 aromatic carbocycles. The molecule has 0 aromatic heterocycles. The van der Waals surface area contributed by atoms with Gasteiger partial charge in [-0.05, 0) is 6.42 Å². The van der Waals surface area contributed by atoms with Crippen molar-refractivity contribution in [1.29, 1.82) is 0 Å². The highest BCUT2D eigenvalue weighted by atomic mass is 32.2. The minimum Gasteiger partial charge on any atom is -0.748 e. The lowest BCUT2D eigenvalue weighted by Gasteiger charge is -2.38. The molecule has 1 fully saturated rings. The van der Waals surface area contributed by atoms with Crippen LogP contribution in [-0.4, -0.2) is 65.4 Å². The van der Waals surface area contributed by atoms with Crippen molar-refractivity contribution < 1.29 is 58.4 Å². The van der Waals surface area contributed by atoms with Gasteiger partial charge < -0.3 is 9.29 Å². The molecule has 0 bridgehead atoms. The van der Waals surface area contributed by atoms with Gasteiger partial charge in [0.05, 0.1) is 15.9 Å². The van der Waals surface area contributed by atoms with Crippen LogP contribution >= 0.6 is 0 Å². The summed E-state index contributed by atoms with van der Waals surface area (Å²) < 4.78 is 115. The molecule has 1 atom stereocenters. The van der Waals surface area contributed by atoms with Crippen LogP contribution in [0.2, 0.25) is 0 Å². The van der Waals surface area contributed by atoms with Crippen LogP contribution in [0.4, 0.5) is 26.3 Å². The maximum absolute atomic E-state index is 13.2. The van der Waals surface area contributed by atoms with E-state index in [4.69, 9.17) is 0 Å². The summed E-state index contributed by atoms with van der Waals surface area (Å²) in [6.45, 7) is 3.84. The van der Waals surface area contributed by atoms with Gasteiger partial charge in [0, 0.05) is 11.8 Å². The van der Waals surface area contributed by atoms with Crippen molar-refractivity contribution in [2.75, 3.05) is 5.75 Å². The SMILES string of the molecule is CC(C)(C)C(=O)N1C(=O)CCC1C(=O)OC(CS(=O)(=O)[O-])(C(F)(F)F)C(F)(F)F. The Bertz CT molecular complexity index is 783. The van der Waals surface area contributed by atoms with Crippen LogP contribution in [-0.2, 0) is 29.2 Å². The van der Waals surface area contributed by atoms with Crippen molar-refractivity contribution >= 4 is 27.9 Å². The topological polar surface area (TPSA) is 121 Å². The summed E-state index contributed by atoms with van der Waals surface area (Å²) in [5, 5.41) is 0. The molecule has 0 N–H and O–H groups in total. The van der Waals surface area contributed by atoms with Gasteiger partial charge in [0.15, 0.2) is 0 Å². The Morgan fingerprint density at radius 1 is 1.10 bits per heavy atom. The summed E-state index contributed by atoms with van der Waals surface area (Å²) in [7, 11) is -6.20. The standard InChI is InChI=1S/C14H17F6NO7S/c1-11(2,3)10(24)21-7(4-5-8(21)22)9(23)28-12(13(15,16)17,14(18,19)20)6-29(25,26)27/h7H,4-6H2,1-3H3,(H,25,26,27)/p-1. The number of likely N-dealkylation sites (tertiary alicyclic amines) is 1. The zero-order valence-corrected chi connectivity index (χ0v) is 16.0. The first-order valence-corrected chi connectivity index (χ1v) is 9.38. The lowest BCUT2D eigenvalue weighted by molar-refractivity contribution is -0.362. The van der Waals surface area contributed by atoms with Crippen molar-refractivity contribution in [3.05, 3.63) is 0 Å². The van der Waals surface area contributed by atoms with E-state index in [9.17, 15) is 53.7 Å². The summed E-state index contributed by atoms with van der Waals surface area (Å²) in [5.74, 6) is -7.57.